The minimum atomic E-state index is -0.0896. The van der Waals surface area contributed by atoms with E-state index >= 15 is 0 Å². The van der Waals surface area contributed by atoms with E-state index in [1.807, 2.05) is 18.7 Å². The van der Waals surface area contributed by atoms with Crippen molar-refractivity contribution in [3.05, 3.63) is 46.2 Å². The van der Waals surface area contributed by atoms with Crippen molar-refractivity contribution in [3.63, 3.8) is 0 Å². The molecule has 0 spiro atoms. The summed E-state index contributed by atoms with van der Waals surface area (Å²) in [6, 6.07) is 6.69. The second-order valence-corrected chi connectivity index (χ2v) is 6.21. The van der Waals surface area contributed by atoms with E-state index < -0.39 is 0 Å². The first-order valence-electron chi connectivity index (χ1n) is 7.89. The third-order valence-electron chi connectivity index (χ3n) is 3.27. The summed E-state index contributed by atoms with van der Waals surface area (Å²) >= 11 is 12.0. The zero-order valence-corrected chi connectivity index (χ0v) is 15.2. The smallest absolute Gasteiger partial charge is 0.272 e. The summed E-state index contributed by atoms with van der Waals surface area (Å²) in [7, 11) is 0. The fourth-order valence-electron chi connectivity index (χ4n) is 2.31. The molecule has 2 aromatic rings. The molecule has 0 atom stereocenters. The van der Waals surface area contributed by atoms with E-state index in [0.717, 1.165) is 12.8 Å². The molecule has 0 aliphatic rings. The van der Waals surface area contributed by atoms with Crippen LogP contribution in [0.5, 0.6) is 0 Å². The van der Waals surface area contributed by atoms with E-state index in [4.69, 9.17) is 23.2 Å². The molecular formula is C17H20Cl2N4O. The molecule has 5 nitrogen and oxygen atoms in total. The third kappa shape index (κ3) is 5.08. The van der Waals surface area contributed by atoms with Gasteiger partial charge in [-0.3, -0.25) is 4.79 Å². The van der Waals surface area contributed by atoms with Crippen LogP contribution in [-0.2, 0) is 0 Å². The van der Waals surface area contributed by atoms with Crippen molar-refractivity contribution in [2.45, 2.75) is 26.7 Å². The van der Waals surface area contributed by atoms with Crippen molar-refractivity contribution in [2.24, 2.45) is 0 Å². The zero-order chi connectivity index (χ0) is 17.5. The molecule has 1 aromatic heterocycles. The molecule has 0 aliphatic carbocycles. The SMILES string of the molecule is CCCN(CCC)C(=O)c1ccnc(Nc2cc(Cl)cc(Cl)c2)n1. The summed E-state index contributed by atoms with van der Waals surface area (Å²) in [6.45, 7) is 5.52. The minimum Gasteiger partial charge on any atom is -0.337 e. The van der Waals surface area contributed by atoms with Crippen molar-refractivity contribution in [1.82, 2.24) is 14.9 Å². The van der Waals surface area contributed by atoms with E-state index in [1.165, 1.54) is 0 Å². The minimum absolute atomic E-state index is 0.0896. The molecule has 0 radical (unpaired) electrons. The molecule has 128 valence electrons. The highest BCUT2D eigenvalue weighted by atomic mass is 35.5. The first kappa shape index (κ1) is 18.5. The van der Waals surface area contributed by atoms with Gasteiger partial charge in [0.1, 0.15) is 5.69 Å². The molecule has 0 aliphatic heterocycles. The Hall–Kier alpha value is -1.85. The van der Waals surface area contributed by atoms with Gasteiger partial charge < -0.3 is 10.2 Å². The highest BCUT2D eigenvalue weighted by Gasteiger charge is 2.16. The van der Waals surface area contributed by atoms with Crippen LogP contribution < -0.4 is 5.32 Å². The number of rotatable bonds is 7. The lowest BCUT2D eigenvalue weighted by atomic mass is 10.3. The Morgan fingerprint density at radius 1 is 1.12 bits per heavy atom. The zero-order valence-electron chi connectivity index (χ0n) is 13.7. The number of halogens is 2. The number of carbonyl (C=O) groups is 1. The van der Waals surface area contributed by atoms with Gasteiger partial charge in [-0.2, -0.15) is 0 Å². The van der Waals surface area contributed by atoms with Gasteiger partial charge in [0.25, 0.3) is 5.91 Å². The monoisotopic (exact) mass is 366 g/mol. The predicted molar refractivity (Wildman–Crippen MR) is 98.3 cm³/mol. The molecule has 1 heterocycles. The molecule has 0 bridgehead atoms. The molecule has 1 amide bonds. The van der Waals surface area contributed by atoms with Crippen molar-refractivity contribution in [1.29, 1.82) is 0 Å². The summed E-state index contributed by atoms with van der Waals surface area (Å²) < 4.78 is 0. The second-order valence-electron chi connectivity index (χ2n) is 5.34. The quantitative estimate of drug-likeness (QED) is 0.765. The Morgan fingerprint density at radius 2 is 1.75 bits per heavy atom. The summed E-state index contributed by atoms with van der Waals surface area (Å²) in [5.41, 5.74) is 1.03. The van der Waals surface area contributed by atoms with E-state index in [-0.39, 0.29) is 5.91 Å². The van der Waals surface area contributed by atoms with Crippen molar-refractivity contribution in [3.8, 4) is 0 Å². The number of benzene rings is 1. The van der Waals surface area contributed by atoms with Gasteiger partial charge in [0.15, 0.2) is 0 Å². The first-order chi connectivity index (χ1) is 11.5. The number of hydrogen-bond donors (Lipinski definition) is 1. The van der Waals surface area contributed by atoms with Gasteiger partial charge in [-0.15, -0.1) is 0 Å². The van der Waals surface area contributed by atoms with Crippen LogP contribution in [-0.4, -0.2) is 33.9 Å². The maximum Gasteiger partial charge on any atom is 0.272 e. The van der Waals surface area contributed by atoms with Crippen LogP contribution in [0, 0.1) is 0 Å². The summed E-state index contributed by atoms with van der Waals surface area (Å²) in [5.74, 6) is 0.236. The lowest BCUT2D eigenvalue weighted by molar-refractivity contribution is 0.0749. The molecule has 2 rings (SSSR count). The summed E-state index contributed by atoms with van der Waals surface area (Å²) in [4.78, 5) is 22.9. The highest BCUT2D eigenvalue weighted by Crippen LogP contribution is 2.24. The number of nitrogens with one attached hydrogen (secondary N) is 1. The van der Waals surface area contributed by atoms with Gasteiger partial charge in [-0.05, 0) is 37.1 Å². The van der Waals surface area contributed by atoms with Gasteiger partial charge in [-0.1, -0.05) is 37.0 Å². The summed E-state index contributed by atoms with van der Waals surface area (Å²) in [5, 5.41) is 4.04. The van der Waals surface area contributed by atoms with E-state index in [9.17, 15) is 4.79 Å². The molecule has 0 saturated heterocycles. The van der Waals surface area contributed by atoms with Gasteiger partial charge in [0.2, 0.25) is 5.95 Å². The fraction of sp³-hybridized carbons (Fsp3) is 0.353. The van der Waals surface area contributed by atoms with Crippen LogP contribution in [0.4, 0.5) is 11.6 Å². The van der Waals surface area contributed by atoms with Crippen LogP contribution in [0.3, 0.4) is 0 Å². The summed E-state index contributed by atoms with van der Waals surface area (Å²) in [6.07, 6.45) is 3.37. The number of hydrogen-bond acceptors (Lipinski definition) is 4. The molecule has 1 aromatic carbocycles. The normalized spacial score (nSPS) is 10.5. The predicted octanol–water partition coefficient (Wildman–Crippen LogP) is 4.79. The molecular weight excluding hydrogens is 347 g/mol. The van der Waals surface area contributed by atoms with Crippen molar-refractivity contribution >= 4 is 40.7 Å². The van der Waals surface area contributed by atoms with Gasteiger partial charge in [0, 0.05) is 35.0 Å². The lowest BCUT2D eigenvalue weighted by Gasteiger charge is -2.21. The van der Waals surface area contributed by atoms with Crippen LogP contribution in [0.2, 0.25) is 10.0 Å². The maximum atomic E-state index is 12.6. The van der Waals surface area contributed by atoms with Crippen molar-refractivity contribution in [2.75, 3.05) is 18.4 Å². The maximum absolute atomic E-state index is 12.6. The van der Waals surface area contributed by atoms with Crippen LogP contribution in [0.25, 0.3) is 0 Å². The van der Waals surface area contributed by atoms with Crippen molar-refractivity contribution < 1.29 is 4.79 Å². The van der Waals surface area contributed by atoms with E-state index in [1.54, 1.807) is 30.5 Å². The Morgan fingerprint density at radius 3 is 2.33 bits per heavy atom. The number of nitrogens with zero attached hydrogens (tertiary/aromatic N) is 3. The van der Waals surface area contributed by atoms with Crippen LogP contribution in [0.1, 0.15) is 37.2 Å². The molecule has 24 heavy (non-hydrogen) atoms. The average Bonchev–Trinajstić information content (AvgIpc) is 2.53. The Balaban J connectivity index is 2.20. The van der Waals surface area contributed by atoms with E-state index in [0.29, 0.717) is 40.5 Å². The Bertz CT molecular complexity index is 682. The largest absolute Gasteiger partial charge is 0.337 e. The fourth-order valence-corrected chi connectivity index (χ4v) is 2.84. The lowest BCUT2D eigenvalue weighted by Crippen LogP contribution is -2.33. The van der Waals surface area contributed by atoms with Gasteiger partial charge >= 0.3 is 0 Å². The second kappa shape index (κ2) is 8.85. The third-order valence-corrected chi connectivity index (χ3v) is 3.70. The first-order valence-corrected chi connectivity index (χ1v) is 8.64. The molecule has 7 heteroatoms. The molecule has 0 unspecified atom stereocenters. The topological polar surface area (TPSA) is 58.1 Å². The average molecular weight is 367 g/mol. The molecule has 1 N–H and O–H groups in total. The number of anilines is 2. The Kier molecular flexibility index (Phi) is 6.82. The van der Waals surface area contributed by atoms with Gasteiger partial charge in [0.05, 0.1) is 0 Å². The highest BCUT2D eigenvalue weighted by molar-refractivity contribution is 6.35. The standard InChI is InChI=1S/C17H20Cl2N4O/c1-3-7-23(8-4-2)16(24)15-5-6-20-17(22-15)21-14-10-12(18)9-13(19)11-14/h5-6,9-11H,3-4,7-8H2,1-2H3,(H,20,21,22). The van der Waals surface area contributed by atoms with Crippen LogP contribution >= 0.6 is 23.2 Å². The number of amides is 1. The van der Waals surface area contributed by atoms with Gasteiger partial charge in [-0.25, -0.2) is 9.97 Å². The number of aromatic nitrogens is 2. The number of carbonyl (C=O) groups excluding carboxylic acids is 1. The Labute approximate surface area is 152 Å². The van der Waals surface area contributed by atoms with Crippen LogP contribution in [0.15, 0.2) is 30.5 Å². The molecule has 0 fully saturated rings. The molecule has 0 saturated carbocycles. The van der Waals surface area contributed by atoms with E-state index in [2.05, 4.69) is 15.3 Å².